The highest BCUT2D eigenvalue weighted by atomic mass is 28.5. The van der Waals surface area contributed by atoms with Gasteiger partial charge >= 0.3 is 18.0 Å². The number of hydrogen-bond donors (Lipinski definition) is 0. The molecule has 0 unspecified atom stereocenters. The summed E-state index contributed by atoms with van der Waals surface area (Å²) in [5.41, 5.74) is 0. The zero-order valence-electron chi connectivity index (χ0n) is 9.69. The zero-order valence-corrected chi connectivity index (χ0v) is 11.7. The topological polar surface area (TPSA) is 9.23 Å². The van der Waals surface area contributed by atoms with E-state index in [-0.39, 0.29) is 0 Å². The first kappa shape index (κ1) is 14.0. The molecule has 0 aliphatic rings. The lowest BCUT2D eigenvalue weighted by atomic mass is 10.4. The van der Waals surface area contributed by atoms with Crippen LogP contribution in [0.3, 0.4) is 0 Å². The third-order valence-corrected chi connectivity index (χ3v) is 6.54. The number of hydrogen-bond acceptors (Lipinski definition) is 1. The minimum Gasteiger partial charge on any atom is -0.353 e. The summed E-state index contributed by atoms with van der Waals surface area (Å²) in [7, 11) is -11.2. The molecule has 0 heterocycles. The highest BCUT2D eigenvalue weighted by Gasteiger charge is 2.55. The Hall–Kier alpha value is -1.45. The third kappa shape index (κ3) is 3.31. The Balaban J connectivity index is 2.25. The van der Waals surface area contributed by atoms with Crippen molar-refractivity contribution < 1.29 is 20.5 Å². The van der Waals surface area contributed by atoms with Gasteiger partial charge in [0.1, 0.15) is 0 Å². The van der Waals surface area contributed by atoms with Gasteiger partial charge in [-0.3, -0.25) is 0 Å². The molecule has 0 N–H and O–H groups in total. The van der Waals surface area contributed by atoms with E-state index >= 15 is 0 Å². The average molecular weight is 302 g/mol. The Morgan fingerprint density at radius 2 is 0.895 bits per heavy atom. The maximum absolute atomic E-state index is 13.8. The average Bonchev–Trinajstić information content (AvgIpc) is 2.40. The maximum Gasteiger partial charge on any atom is 0.607 e. The van der Waals surface area contributed by atoms with Gasteiger partial charge < -0.3 is 4.12 Å². The lowest BCUT2D eigenvalue weighted by molar-refractivity contribution is 0.319. The van der Waals surface area contributed by atoms with Crippen LogP contribution in [-0.2, 0) is 4.12 Å². The van der Waals surface area contributed by atoms with Crippen molar-refractivity contribution in [3.8, 4) is 0 Å². The van der Waals surface area contributed by atoms with Gasteiger partial charge in [0.2, 0.25) is 0 Å². The number of halogens is 4. The van der Waals surface area contributed by atoms with Crippen molar-refractivity contribution in [2.45, 2.75) is 0 Å². The van der Waals surface area contributed by atoms with Crippen LogP contribution in [0.4, 0.5) is 16.4 Å². The summed E-state index contributed by atoms with van der Waals surface area (Å²) in [6.07, 6.45) is 0. The fourth-order valence-electron chi connectivity index (χ4n) is 1.54. The zero-order chi connectivity index (χ0) is 13.9. The van der Waals surface area contributed by atoms with Crippen LogP contribution in [0.2, 0.25) is 0 Å². The molecular formula is C12H10F4OSi2. The van der Waals surface area contributed by atoms with E-state index in [9.17, 15) is 16.4 Å². The molecule has 0 atom stereocenters. The van der Waals surface area contributed by atoms with Gasteiger partial charge in [-0.15, -0.1) is 0 Å². The van der Waals surface area contributed by atoms with Gasteiger partial charge in [0, 0.05) is 10.4 Å². The molecule has 100 valence electrons. The van der Waals surface area contributed by atoms with E-state index in [1.54, 1.807) is 12.1 Å². The molecule has 19 heavy (non-hydrogen) atoms. The second-order valence-corrected chi connectivity index (χ2v) is 7.91. The van der Waals surface area contributed by atoms with Crippen LogP contribution in [0, 0.1) is 0 Å². The molecule has 0 fully saturated rings. The van der Waals surface area contributed by atoms with Crippen molar-refractivity contribution in [2.75, 3.05) is 0 Å². The molecule has 7 heteroatoms. The molecule has 0 aromatic heterocycles. The predicted octanol–water partition coefficient (Wildman–Crippen LogP) is 2.57. The molecule has 0 saturated carbocycles. The van der Waals surface area contributed by atoms with Gasteiger partial charge in [0.15, 0.2) is 0 Å². The summed E-state index contributed by atoms with van der Waals surface area (Å²) in [6, 6.07) is 13.0. The smallest absolute Gasteiger partial charge is 0.353 e. The Bertz CT molecular complexity index is 484. The first-order valence-electron chi connectivity index (χ1n) is 5.49. The monoisotopic (exact) mass is 302 g/mol. The van der Waals surface area contributed by atoms with Crippen molar-refractivity contribution in [3.05, 3.63) is 60.7 Å². The van der Waals surface area contributed by atoms with E-state index in [1.165, 1.54) is 24.3 Å². The van der Waals surface area contributed by atoms with E-state index in [0.717, 1.165) is 24.3 Å². The molecule has 2 aromatic carbocycles. The standard InChI is InChI=1S/C12H10F4OSi2/c13-18(14,11-7-3-1-4-8-11)17-19(15,16)12-9-5-2-6-10-12/h1-10H. The van der Waals surface area contributed by atoms with Crippen molar-refractivity contribution >= 4 is 28.3 Å². The first-order chi connectivity index (χ1) is 8.92. The molecule has 0 spiro atoms. The highest BCUT2D eigenvalue weighted by Crippen LogP contribution is 2.19. The molecule has 0 bridgehead atoms. The van der Waals surface area contributed by atoms with Crippen molar-refractivity contribution in [1.82, 2.24) is 0 Å². The molecule has 0 aliphatic heterocycles. The SMILES string of the molecule is F[Si](F)(O[Si](F)(F)c1ccccc1)c1ccccc1. The van der Waals surface area contributed by atoms with Crippen LogP contribution < -0.4 is 10.4 Å². The Labute approximate surface area is 110 Å². The molecule has 0 aliphatic carbocycles. The summed E-state index contributed by atoms with van der Waals surface area (Å²) in [4.78, 5) is 0. The minimum absolute atomic E-state index is 0.446. The van der Waals surface area contributed by atoms with Crippen molar-refractivity contribution in [2.24, 2.45) is 0 Å². The Morgan fingerprint density at radius 3 is 1.21 bits per heavy atom. The normalized spacial score (nSPS) is 12.4. The van der Waals surface area contributed by atoms with Crippen LogP contribution in [0.25, 0.3) is 0 Å². The molecule has 1 nitrogen and oxygen atoms in total. The second-order valence-electron chi connectivity index (χ2n) is 3.87. The molecular weight excluding hydrogens is 292 g/mol. The quantitative estimate of drug-likeness (QED) is 0.479. The number of benzene rings is 2. The van der Waals surface area contributed by atoms with E-state index in [4.69, 9.17) is 0 Å². The molecule has 2 rings (SSSR count). The summed E-state index contributed by atoms with van der Waals surface area (Å²) < 4.78 is 59.2. The lowest BCUT2D eigenvalue weighted by Gasteiger charge is -2.19. The number of rotatable bonds is 4. The fourth-order valence-corrected chi connectivity index (χ4v) is 4.93. The minimum atomic E-state index is -5.59. The predicted molar refractivity (Wildman–Crippen MR) is 69.2 cm³/mol. The summed E-state index contributed by atoms with van der Waals surface area (Å²) in [5, 5.41) is -0.892. The van der Waals surface area contributed by atoms with Crippen molar-refractivity contribution in [1.29, 1.82) is 0 Å². The van der Waals surface area contributed by atoms with Gasteiger partial charge in [-0.2, -0.15) is 0 Å². The lowest BCUT2D eigenvalue weighted by Crippen LogP contribution is -2.55. The van der Waals surface area contributed by atoms with E-state index in [1.807, 2.05) is 0 Å². The van der Waals surface area contributed by atoms with Gasteiger partial charge in [-0.05, 0) is 0 Å². The van der Waals surface area contributed by atoms with Crippen LogP contribution in [0.1, 0.15) is 0 Å². The van der Waals surface area contributed by atoms with Crippen molar-refractivity contribution in [3.63, 3.8) is 0 Å². The Kier molecular flexibility index (Phi) is 3.88. The Morgan fingerprint density at radius 1 is 0.579 bits per heavy atom. The molecule has 0 saturated heterocycles. The first-order valence-corrected chi connectivity index (χ1v) is 8.81. The molecule has 0 amide bonds. The largest absolute Gasteiger partial charge is 0.607 e. The molecule has 0 radical (unpaired) electrons. The van der Waals surface area contributed by atoms with Gasteiger partial charge in [0.25, 0.3) is 0 Å². The fraction of sp³-hybridized carbons (Fsp3) is 0. The summed E-state index contributed by atoms with van der Waals surface area (Å²) in [6.45, 7) is 0. The third-order valence-electron chi connectivity index (χ3n) is 2.48. The van der Waals surface area contributed by atoms with E-state index in [0.29, 0.717) is 0 Å². The van der Waals surface area contributed by atoms with Gasteiger partial charge in [-0.25, -0.2) is 16.4 Å². The molecule has 2 aromatic rings. The van der Waals surface area contributed by atoms with Crippen LogP contribution in [0.5, 0.6) is 0 Å². The van der Waals surface area contributed by atoms with Crippen LogP contribution in [-0.4, -0.2) is 18.0 Å². The summed E-state index contributed by atoms with van der Waals surface area (Å²) in [5.74, 6) is 0. The maximum atomic E-state index is 13.8. The van der Waals surface area contributed by atoms with Crippen LogP contribution >= 0.6 is 0 Å². The second kappa shape index (κ2) is 5.27. The van der Waals surface area contributed by atoms with E-state index in [2.05, 4.69) is 4.12 Å². The van der Waals surface area contributed by atoms with Gasteiger partial charge in [0.05, 0.1) is 0 Å². The van der Waals surface area contributed by atoms with Gasteiger partial charge in [-0.1, -0.05) is 60.7 Å². The van der Waals surface area contributed by atoms with Crippen LogP contribution in [0.15, 0.2) is 60.7 Å². The summed E-state index contributed by atoms with van der Waals surface area (Å²) >= 11 is 0. The van der Waals surface area contributed by atoms with E-state index < -0.39 is 28.3 Å². The highest BCUT2D eigenvalue weighted by molar-refractivity contribution is 6.87.